The molecule has 0 spiro atoms. The molecule has 2 amide bonds. The van der Waals surface area contributed by atoms with Crippen LogP contribution in [0, 0.1) is 0 Å². The molecule has 0 aliphatic carbocycles. The summed E-state index contributed by atoms with van der Waals surface area (Å²) in [5.41, 5.74) is 3.54. The molecule has 4 heteroatoms. The first-order chi connectivity index (χ1) is 13.2. The van der Waals surface area contributed by atoms with E-state index in [0.29, 0.717) is 30.6 Å². The summed E-state index contributed by atoms with van der Waals surface area (Å²) in [6.07, 6.45) is 1.47. The summed E-state index contributed by atoms with van der Waals surface area (Å²) in [5, 5.41) is 5.75. The van der Waals surface area contributed by atoms with Crippen LogP contribution >= 0.6 is 0 Å². The lowest BCUT2D eigenvalue weighted by atomic mass is 10.1. The van der Waals surface area contributed by atoms with E-state index in [1.54, 1.807) is 24.3 Å². The average Bonchev–Trinajstić information content (AvgIpc) is 2.69. The van der Waals surface area contributed by atoms with Gasteiger partial charge in [0.25, 0.3) is 0 Å². The van der Waals surface area contributed by atoms with Crippen molar-refractivity contribution in [2.24, 2.45) is 0 Å². The van der Waals surface area contributed by atoms with E-state index in [1.807, 2.05) is 60.7 Å². The summed E-state index contributed by atoms with van der Waals surface area (Å²) in [6, 6.07) is 26.7. The molecular weight excluding hydrogens is 336 g/mol. The van der Waals surface area contributed by atoms with Gasteiger partial charge in [-0.25, -0.2) is 0 Å². The fourth-order valence-corrected chi connectivity index (χ4v) is 2.75. The highest BCUT2D eigenvalue weighted by atomic mass is 16.2. The van der Waals surface area contributed by atoms with E-state index in [0.717, 1.165) is 11.1 Å². The predicted octanol–water partition coefficient (Wildman–Crippen LogP) is 4.44. The van der Waals surface area contributed by atoms with E-state index in [9.17, 15) is 9.59 Å². The monoisotopic (exact) mass is 358 g/mol. The fourth-order valence-electron chi connectivity index (χ4n) is 2.75. The van der Waals surface area contributed by atoms with E-state index in [2.05, 4.69) is 10.6 Å². The number of carbonyl (C=O) groups excluding carboxylic acids is 2. The van der Waals surface area contributed by atoms with Gasteiger partial charge >= 0.3 is 0 Å². The first-order valence-electron chi connectivity index (χ1n) is 8.97. The molecule has 0 saturated heterocycles. The molecular formula is C23H22N2O2. The smallest absolute Gasteiger partial charge is 0.228 e. The lowest BCUT2D eigenvalue weighted by molar-refractivity contribution is -0.116. The lowest BCUT2D eigenvalue weighted by Crippen LogP contribution is -2.15. The molecule has 27 heavy (non-hydrogen) atoms. The minimum Gasteiger partial charge on any atom is -0.326 e. The number of hydrogen-bond acceptors (Lipinski definition) is 2. The maximum atomic E-state index is 12.1. The molecule has 0 aromatic heterocycles. The van der Waals surface area contributed by atoms with Crippen molar-refractivity contribution in [3.63, 3.8) is 0 Å². The summed E-state index contributed by atoms with van der Waals surface area (Å²) in [4.78, 5) is 24.2. The zero-order valence-corrected chi connectivity index (χ0v) is 15.0. The van der Waals surface area contributed by atoms with E-state index in [4.69, 9.17) is 0 Å². The lowest BCUT2D eigenvalue weighted by Gasteiger charge is -2.08. The van der Waals surface area contributed by atoms with Crippen molar-refractivity contribution in [1.82, 2.24) is 0 Å². The van der Waals surface area contributed by atoms with E-state index in [-0.39, 0.29) is 11.8 Å². The number of hydrogen-bond donors (Lipinski definition) is 2. The van der Waals surface area contributed by atoms with E-state index in [1.165, 1.54) is 0 Å². The zero-order valence-electron chi connectivity index (χ0n) is 15.0. The second-order valence-electron chi connectivity index (χ2n) is 6.32. The first kappa shape index (κ1) is 18.4. The maximum absolute atomic E-state index is 12.1. The third-order valence-electron chi connectivity index (χ3n) is 4.14. The van der Waals surface area contributed by atoms with Gasteiger partial charge in [-0.3, -0.25) is 9.59 Å². The Balaban J connectivity index is 1.46. The van der Waals surface area contributed by atoms with Crippen LogP contribution in [0.2, 0.25) is 0 Å². The number of nitrogens with one attached hydrogen (secondary N) is 2. The van der Waals surface area contributed by atoms with Gasteiger partial charge in [-0.15, -0.1) is 0 Å². The van der Waals surface area contributed by atoms with Crippen LogP contribution in [0.3, 0.4) is 0 Å². The van der Waals surface area contributed by atoms with Crippen LogP contribution in [0.4, 0.5) is 11.4 Å². The quantitative estimate of drug-likeness (QED) is 0.656. The molecule has 136 valence electrons. The Hall–Kier alpha value is -3.40. The van der Waals surface area contributed by atoms with Crippen LogP contribution in [-0.4, -0.2) is 11.8 Å². The fraction of sp³-hybridized carbons (Fsp3) is 0.130. The molecule has 0 saturated carbocycles. The van der Waals surface area contributed by atoms with Crippen LogP contribution < -0.4 is 10.6 Å². The van der Waals surface area contributed by atoms with Crippen molar-refractivity contribution in [3.8, 4) is 0 Å². The van der Waals surface area contributed by atoms with Crippen LogP contribution in [0.5, 0.6) is 0 Å². The summed E-state index contributed by atoms with van der Waals surface area (Å²) < 4.78 is 0. The van der Waals surface area contributed by atoms with Crippen molar-refractivity contribution in [2.75, 3.05) is 10.6 Å². The average molecular weight is 358 g/mol. The second kappa shape index (κ2) is 9.34. The summed E-state index contributed by atoms with van der Waals surface area (Å²) in [6.45, 7) is 0. The van der Waals surface area contributed by atoms with Gasteiger partial charge in [-0.2, -0.15) is 0 Å². The molecule has 3 rings (SSSR count). The number of rotatable bonds is 7. The van der Waals surface area contributed by atoms with Crippen molar-refractivity contribution in [3.05, 3.63) is 96.1 Å². The minimum atomic E-state index is -0.0687. The highest BCUT2D eigenvalue weighted by Crippen LogP contribution is 2.15. The molecule has 0 unspecified atom stereocenters. The number of carbonyl (C=O) groups is 2. The van der Waals surface area contributed by atoms with E-state index < -0.39 is 0 Å². The van der Waals surface area contributed by atoms with Gasteiger partial charge in [-0.05, 0) is 41.8 Å². The normalized spacial score (nSPS) is 10.2. The first-order valence-corrected chi connectivity index (χ1v) is 8.97. The number of benzene rings is 3. The van der Waals surface area contributed by atoms with Crippen LogP contribution in [0.25, 0.3) is 0 Å². The van der Waals surface area contributed by atoms with Gasteiger partial charge in [0.2, 0.25) is 11.8 Å². The molecule has 2 N–H and O–H groups in total. The van der Waals surface area contributed by atoms with Crippen molar-refractivity contribution in [2.45, 2.75) is 19.3 Å². The molecule has 0 bridgehead atoms. The molecule has 0 aliphatic heterocycles. The highest BCUT2D eigenvalue weighted by molar-refractivity contribution is 5.93. The Morgan fingerprint density at radius 3 is 1.63 bits per heavy atom. The Morgan fingerprint density at radius 1 is 0.593 bits per heavy atom. The van der Waals surface area contributed by atoms with Crippen molar-refractivity contribution < 1.29 is 9.59 Å². The second-order valence-corrected chi connectivity index (χ2v) is 6.32. The summed E-state index contributed by atoms with van der Waals surface area (Å²) in [5.74, 6) is -0.0967. The van der Waals surface area contributed by atoms with Crippen LogP contribution in [0.1, 0.15) is 17.5 Å². The van der Waals surface area contributed by atoms with Gasteiger partial charge < -0.3 is 10.6 Å². The Bertz CT molecular complexity index is 875. The van der Waals surface area contributed by atoms with Crippen LogP contribution in [-0.2, 0) is 22.4 Å². The molecule has 0 heterocycles. The summed E-state index contributed by atoms with van der Waals surface area (Å²) in [7, 11) is 0. The third kappa shape index (κ3) is 6.12. The highest BCUT2D eigenvalue weighted by Gasteiger charge is 2.06. The van der Waals surface area contributed by atoms with Gasteiger partial charge in [0.05, 0.1) is 6.42 Å². The third-order valence-corrected chi connectivity index (χ3v) is 4.14. The molecule has 0 aliphatic rings. The molecule has 4 nitrogen and oxygen atoms in total. The Morgan fingerprint density at radius 2 is 1.07 bits per heavy atom. The summed E-state index contributed by atoms with van der Waals surface area (Å²) >= 11 is 0. The molecule has 0 fully saturated rings. The molecule has 3 aromatic carbocycles. The van der Waals surface area contributed by atoms with Gasteiger partial charge in [0, 0.05) is 17.8 Å². The Labute approximate surface area is 159 Å². The minimum absolute atomic E-state index is 0.0280. The van der Waals surface area contributed by atoms with Crippen molar-refractivity contribution in [1.29, 1.82) is 0 Å². The zero-order chi connectivity index (χ0) is 18.9. The predicted molar refractivity (Wildman–Crippen MR) is 109 cm³/mol. The maximum Gasteiger partial charge on any atom is 0.228 e. The van der Waals surface area contributed by atoms with Crippen LogP contribution in [0.15, 0.2) is 84.9 Å². The van der Waals surface area contributed by atoms with Gasteiger partial charge in [0.1, 0.15) is 0 Å². The number of anilines is 2. The SMILES string of the molecule is O=C(CCc1ccccc1)Nc1ccc(NC(=O)Cc2ccccc2)cc1. The standard InChI is InChI=1S/C23H22N2O2/c26-22(16-11-18-7-3-1-4-8-18)24-20-12-14-21(15-13-20)25-23(27)17-19-9-5-2-6-10-19/h1-10,12-15H,11,16-17H2,(H,24,26)(H,25,27). The van der Waals surface area contributed by atoms with E-state index >= 15 is 0 Å². The molecule has 0 radical (unpaired) electrons. The number of aryl methyl sites for hydroxylation is 1. The van der Waals surface area contributed by atoms with Crippen molar-refractivity contribution >= 4 is 23.2 Å². The number of amides is 2. The topological polar surface area (TPSA) is 58.2 Å². The van der Waals surface area contributed by atoms with Gasteiger partial charge in [-0.1, -0.05) is 60.7 Å². The largest absolute Gasteiger partial charge is 0.326 e. The van der Waals surface area contributed by atoms with Gasteiger partial charge in [0.15, 0.2) is 0 Å². The molecule has 3 aromatic rings. The molecule has 0 atom stereocenters. The Kier molecular flexibility index (Phi) is 6.36.